The number of rotatable bonds is 5. The zero-order chi connectivity index (χ0) is 35.4. The average Bonchev–Trinajstić information content (AvgIpc) is 3.21. The third-order valence-corrected chi connectivity index (χ3v) is 16.3. The fourth-order valence-corrected chi connectivity index (χ4v) is 13.7. The highest BCUT2D eigenvalue weighted by atomic mass is 32.2. The second kappa shape index (κ2) is 10.3. The Morgan fingerprint density at radius 1 is 0.878 bits per heavy atom. The van der Waals surface area contributed by atoms with E-state index >= 15 is 0 Å². The van der Waals surface area contributed by atoms with Crippen molar-refractivity contribution >= 4 is 10.1 Å². The zero-order valence-corrected chi connectivity index (χ0v) is 29.6. The number of methoxy groups -OCH3 is 2. The topological polar surface area (TPSA) is 196 Å². The second-order valence-electron chi connectivity index (χ2n) is 16.9. The van der Waals surface area contributed by atoms with Crippen LogP contribution >= 0.6 is 0 Å². The Bertz CT molecular complexity index is 1660. The van der Waals surface area contributed by atoms with Gasteiger partial charge in [-0.1, -0.05) is 13.8 Å². The van der Waals surface area contributed by atoms with Crippen LogP contribution in [-0.2, 0) is 19.0 Å². The number of fused-ring (bicyclic) bond motifs is 5. The van der Waals surface area contributed by atoms with Crippen molar-refractivity contribution in [3.05, 3.63) is 18.2 Å². The molecule has 14 heteroatoms. The molecular weight excluding hydrogens is 658 g/mol. The summed E-state index contributed by atoms with van der Waals surface area (Å²) in [4.78, 5) is 1.90. The lowest BCUT2D eigenvalue weighted by Crippen LogP contribution is -2.85. The maximum Gasteiger partial charge on any atom is 0.297 e. The van der Waals surface area contributed by atoms with E-state index in [2.05, 4.69) is 11.8 Å². The number of nitrogens with zero attached hydrogens (tertiary/aromatic N) is 1. The molecule has 1 aromatic carbocycles. The summed E-state index contributed by atoms with van der Waals surface area (Å²) in [5.74, 6) is -3.72. The van der Waals surface area contributed by atoms with E-state index in [1.54, 1.807) is 0 Å². The van der Waals surface area contributed by atoms with Crippen LogP contribution in [0.1, 0.15) is 72.1 Å². The molecule has 274 valence electrons. The summed E-state index contributed by atoms with van der Waals surface area (Å²) in [6.07, 6.45) is -0.757. The van der Waals surface area contributed by atoms with Gasteiger partial charge in [-0.15, -0.1) is 0 Å². The van der Waals surface area contributed by atoms with Gasteiger partial charge >= 0.3 is 0 Å². The van der Waals surface area contributed by atoms with Gasteiger partial charge in [0.1, 0.15) is 28.5 Å². The van der Waals surface area contributed by atoms with Gasteiger partial charge in [-0.3, -0.25) is 9.08 Å². The maximum absolute atomic E-state index is 13.7. The molecule has 49 heavy (non-hydrogen) atoms. The van der Waals surface area contributed by atoms with Crippen LogP contribution in [0.15, 0.2) is 23.1 Å². The second-order valence-corrected chi connectivity index (χ2v) is 18.4. The van der Waals surface area contributed by atoms with Gasteiger partial charge in [0.25, 0.3) is 10.1 Å². The van der Waals surface area contributed by atoms with Gasteiger partial charge < -0.3 is 44.8 Å². The summed E-state index contributed by atoms with van der Waals surface area (Å²) in [6.45, 7) is 6.40. The third-order valence-electron chi connectivity index (χ3n) is 14.9. The number of aliphatic hydroxyl groups excluding tert-OH is 1. The molecule has 1 aromatic rings. The minimum Gasteiger partial charge on any atom is -0.493 e. The summed E-state index contributed by atoms with van der Waals surface area (Å²) in [5.41, 5.74) is -10.0. The number of ether oxygens (including phenoxy) is 3. The van der Waals surface area contributed by atoms with E-state index in [0.29, 0.717) is 43.9 Å². The fourth-order valence-electron chi connectivity index (χ4n) is 12.6. The summed E-state index contributed by atoms with van der Waals surface area (Å²) in [6, 6.07) is 3.64. The first kappa shape index (κ1) is 34.5. The van der Waals surface area contributed by atoms with E-state index in [9.17, 15) is 39.1 Å². The van der Waals surface area contributed by atoms with Gasteiger partial charge in [-0.25, -0.2) is 0 Å². The van der Waals surface area contributed by atoms with Crippen molar-refractivity contribution in [3.8, 4) is 11.5 Å². The summed E-state index contributed by atoms with van der Waals surface area (Å²) in [5, 5.41) is 74.7. The van der Waals surface area contributed by atoms with Crippen LogP contribution < -0.4 is 9.47 Å². The quantitative estimate of drug-likeness (QED) is 0.236. The Morgan fingerprint density at radius 3 is 2.27 bits per heavy atom. The maximum atomic E-state index is 13.7. The van der Waals surface area contributed by atoms with Crippen LogP contribution in [0.2, 0.25) is 0 Å². The van der Waals surface area contributed by atoms with Gasteiger partial charge in [0.2, 0.25) is 0 Å². The predicted molar refractivity (Wildman–Crippen MR) is 172 cm³/mol. The Balaban J connectivity index is 1.17. The van der Waals surface area contributed by atoms with E-state index < -0.39 is 91.7 Å². The average molecular weight is 710 g/mol. The van der Waals surface area contributed by atoms with Crippen molar-refractivity contribution in [2.75, 3.05) is 27.3 Å². The van der Waals surface area contributed by atoms with E-state index in [-0.39, 0.29) is 30.0 Å². The van der Waals surface area contributed by atoms with E-state index in [4.69, 9.17) is 18.4 Å². The normalized spacial score (nSPS) is 53.2. The summed E-state index contributed by atoms with van der Waals surface area (Å²) >= 11 is 0. The highest BCUT2D eigenvalue weighted by Crippen LogP contribution is 2.78. The largest absolute Gasteiger partial charge is 0.493 e. The molecule has 13 nitrogen and oxygen atoms in total. The lowest BCUT2D eigenvalue weighted by atomic mass is 9.49. The van der Waals surface area contributed by atoms with Gasteiger partial charge in [0.15, 0.2) is 17.3 Å². The number of hydrogen-bond donors (Lipinski definition) is 6. The molecule has 4 bridgehead atoms. The van der Waals surface area contributed by atoms with E-state index in [1.165, 1.54) is 39.3 Å². The van der Waals surface area contributed by atoms with Crippen molar-refractivity contribution < 1.29 is 57.5 Å². The summed E-state index contributed by atoms with van der Waals surface area (Å²) < 4.78 is 50.5. The highest BCUT2D eigenvalue weighted by Gasteiger charge is 2.88. The Kier molecular flexibility index (Phi) is 7.25. The molecule has 3 saturated heterocycles. The van der Waals surface area contributed by atoms with Crippen LogP contribution in [0.25, 0.3) is 0 Å². The first-order chi connectivity index (χ1) is 22.8. The minimum absolute atomic E-state index is 0.124. The molecule has 0 aromatic heterocycles. The van der Waals surface area contributed by atoms with Crippen molar-refractivity contribution in [3.63, 3.8) is 0 Å². The fraction of sp³-hybridized carbons (Fsp3) is 0.829. The zero-order valence-electron chi connectivity index (χ0n) is 28.8. The van der Waals surface area contributed by atoms with Crippen LogP contribution in [0.3, 0.4) is 0 Å². The van der Waals surface area contributed by atoms with Crippen molar-refractivity contribution in [1.82, 2.24) is 4.90 Å². The van der Waals surface area contributed by atoms with Gasteiger partial charge in [0.05, 0.1) is 30.8 Å². The smallest absolute Gasteiger partial charge is 0.297 e. The molecular formula is C35H51NO12S. The lowest BCUT2D eigenvalue weighted by Gasteiger charge is -2.68. The molecule has 0 radical (unpaired) electrons. The molecule has 6 N–H and O–H groups in total. The van der Waals surface area contributed by atoms with Crippen molar-refractivity contribution in [2.45, 2.75) is 129 Å². The van der Waals surface area contributed by atoms with Gasteiger partial charge in [-0.2, -0.15) is 8.42 Å². The SMILES string of the molecule is COc1ccc(S(=O)(=O)O[C@@H]2CC[C@@]3(C)[C@@H]4CC[C@H]5[C@]6(O)C[C@H](O)[C@@]7(O)[C@@H](CN8C[C@@H](C)CC[C@H]8[C@@]7(C)O)[C@]6(O)C[C@@]53O[C@@]42O)cc1OC. The van der Waals surface area contributed by atoms with Gasteiger partial charge in [0, 0.05) is 61.2 Å². The van der Waals surface area contributed by atoms with Crippen LogP contribution in [0.5, 0.6) is 11.5 Å². The number of aliphatic hydroxyl groups is 6. The Labute approximate surface area is 287 Å². The molecule has 1 spiro atoms. The molecule has 7 aliphatic rings. The lowest BCUT2D eigenvalue weighted by molar-refractivity contribution is -0.354. The Morgan fingerprint density at radius 2 is 1.57 bits per heavy atom. The van der Waals surface area contributed by atoms with Crippen molar-refractivity contribution in [1.29, 1.82) is 0 Å². The van der Waals surface area contributed by atoms with E-state index in [0.717, 1.165) is 6.42 Å². The number of hydrogen-bond acceptors (Lipinski definition) is 13. The van der Waals surface area contributed by atoms with Crippen LogP contribution in [-0.4, -0.2) is 123 Å². The molecule has 8 rings (SSSR count). The monoisotopic (exact) mass is 709 g/mol. The molecule has 14 atom stereocenters. The molecule has 4 saturated carbocycles. The van der Waals surface area contributed by atoms with Crippen LogP contribution in [0, 0.1) is 29.1 Å². The Hall–Kier alpha value is -1.59. The highest BCUT2D eigenvalue weighted by molar-refractivity contribution is 7.86. The molecule has 3 heterocycles. The molecule has 4 aliphatic carbocycles. The van der Waals surface area contributed by atoms with Crippen molar-refractivity contribution in [2.24, 2.45) is 29.1 Å². The third kappa shape index (κ3) is 3.94. The molecule has 7 fully saturated rings. The molecule has 0 unspecified atom stereocenters. The van der Waals surface area contributed by atoms with Crippen LogP contribution in [0.4, 0.5) is 0 Å². The number of benzene rings is 1. The number of piperidine rings is 2. The van der Waals surface area contributed by atoms with E-state index in [1.807, 2.05) is 6.92 Å². The standard InChI is InChI=1S/C35H51NO12S/c1-19-6-11-26-30(3,38)34(41)25(17-36(26)16-19)32(40)18-33-24(31(32,39)15-27(34)37)10-9-23-29(33,2)13-12-28(35(23,42)48-33)47-49(43,44)20-7-8-21(45-4)22(14-20)46-5/h7-8,14,19,23-28,37-42H,6,9-13,15-18H2,1-5H3/t19-,23-,24-,25-,26-,27-,28+,29-,30+,31+,32+,33+,34-,35-/m0/s1. The first-order valence-electron chi connectivity index (χ1n) is 17.7. The minimum atomic E-state index is -4.43. The van der Waals surface area contributed by atoms with Gasteiger partial charge in [-0.05, 0) is 63.5 Å². The molecule has 3 aliphatic heterocycles. The first-order valence-corrected chi connectivity index (χ1v) is 19.1. The summed E-state index contributed by atoms with van der Waals surface area (Å²) in [7, 11) is -1.60. The predicted octanol–water partition coefficient (Wildman–Crippen LogP) is 0.905. The molecule has 0 amide bonds.